The molecular weight excluding hydrogens is 374 g/mol. The Morgan fingerprint density at radius 1 is 1.11 bits per heavy atom. The third kappa shape index (κ3) is 3.64. The Morgan fingerprint density at radius 3 is 2.46 bits per heavy atom. The van der Waals surface area contributed by atoms with E-state index in [1.807, 2.05) is 24.3 Å². The minimum absolute atomic E-state index is 0.0773. The van der Waals surface area contributed by atoms with Crippen LogP contribution < -0.4 is 10.6 Å². The number of amides is 3. The highest BCUT2D eigenvalue weighted by Crippen LogP contribution is 2.55. The molecular formula is C21H25N3O3S. The summed E-state index contributed by atoms with van der Waals surface area (Å²) in [5, 5.41) is 6.24. The van der Waals surface area contributed by atoms with Gasteiger partial charge in [-0.25, -0.2) is 9.78 Å². The number of benzene rings is 1. The number of nitrogens with zero attached hydrogens (tertiary/aromatic N) is 1. The van der Waals surface area contributed by atoms with Crippen LogP contribution in [0, 0.1) is 17.8 Å². The number of hydrogen-bond donors (Lipinski definition) is 2. The fraction of sp³-hybridized carbons (Fsp3) is 0.571. The first-order chi connectivity index (χ1) is 13.6. The molecule has 0 spiro atoms. The number of hydrogen-bond acceptors (Lipinski definition) is 5. The van der Waals surface area contributed by atoms with Crippen molar-refractivity contribution in [2.24, 2.45) is 17.8 Å². The van der Waals surface area contributed by atoms with Crippen LogP contribution in [-0.4, -0.2) is 28.2 Å². The molecule has 2 aromatic rings. The number of carbonyl (C=O) groups excluding carboxylic acids is 2. The first-order valence-electron chi connectivity index (χ1n) is 10.2. The Bertz CT molecular complexity index is 841. The van der Waals surface area contributed by atoms with Gasteiger partial charge in [-0.3, -0.25) is 10.1 Å². The SMILES string of the molecule is O=C(CCSc1nc2ccccc2o1)NC(=O)NC12CC3CC(CC(C3)C1)C2. The molecule has 4 saturated carbocycles. The molecule has 3 amide bonds. The first kappa shape index (κ1) is 18.0. The van der Waals surface area contributed by atoms with Crippen molar-refractivity contribution in [2.45, 2.75) is 55.7 Å². The van der Waals surface area contributed by atoms with Gasteiger partial charge in [0.25, 0.3) is 5.22 Å². The van der Waals surface area contributed by atoms with Gasteiger partial charge in [-0.05, 0) is 68.4 Å². The van der Waals surface area contributed by atoms with Gasteiger partial charge in [-0.2, -0.15) is 0 Å². The molecule has 4 bridgehead atoms. The number of carbonyl (C=O) groups is 2. The maximum Gasteiger partial charge on any atom is 0.321 e. The van der Waals surface area contributed by atoms with Crippen molar-refractivity contribution in [3.63, 3.8) is 0 Å². The number of imide groups is 1. The van der Waals surface area contributed by atoms with E-state index in [-0.39, 0.29) is 23.9 Å². The number of rotatable bonds is 5. The van der Waals surface area contributed by atoms with Gasteiger partial charge >= 0.3 is 6.03 Å². The van der Waals surface area contributed by atoms with Crippen LogP contribution in [0.3, 0.4) is 0 Å². The molecule has 7 heteroatoms. The fourth-order valence-electron chi connectivity index (χ4n) is 5.87. The van der Waals surface area contributed by atoms with Crippen LogP contribution in [0.1, 0.15) is 44.9 Å². The van der Waals surface area contributed by atoms with Crippen LogP contribution in [0.5, 0.6) is 0 Å². The van der Waals surface area contributed by atoms with Crippen LogP contribution in [0.4, 0.5) is 4.79 Å². The number of para-hydroxylation sites is 2. The van der Waals surface area contributed by atoms with Gasteiger partial charge in [0.15, 0.2) is 5.58 Å². The standard InChI is InChI=1S/C21H25N3O3S/c25-18(5-6-28-20-22-16-3-1-2-4-17(16)27-20)23-19(26)24-21-10-13-7-14(11-21)9-15(8-13)12-21/h1-4,13-15H,5-12H2,(H2,23,24,25,26). The van der Waals surface area contributed by atoms with Crippen molar-refractivity contribution >= 4 is 34.8 Å². The highest BCUT2D eigenvalue weighted by molar-refractivity contribution is 7.99. The van der Waals surface area contributed by atoms with Crippen LogP contribution in [0.2, 0.25) is 0 Å². The third-order valence-electron chi connectivity index (χ3n) is 6.50. The van der Waals surface area contributed by atoms with E-state index >= 15 is 0 Å². The van der Waals surface area contributed by atoms with Crippen LogP contribution in [0.25, 0.3) is 11.1 Å². The summed E-state index contributed by atoms with van der Waals surface area (Å²) in [7, 11) is 0. The van der Waals surface area contributed by atoms with Gasteiger partial charge in [0.05, 0.1) is 0 Å². The molecule has 6 rings (SSSR count). The molecule has 1 aromatic heterocycles. The molecule has 0 atom stereocenters. The lowest BCUT2D eigenvalue weighted by Crippen LogP contribution is -2.61. The van der Waals surface area contributed by atoms with E-state index in [1.165, 1.54) is 31.0 Å². The molecule has 6 nitrogen and oxygen atoms in total. The summed E-state index contributed by atoms with van der Waals surface area (Å²) >= 11 is 1.39. The van der Waals surface area contributed by atoms with E-state index in [1.54, 1.807) is 0 Å². The van der Waals surface area contributed by atoms with E-state index in [4.69, 9.17) is 4.42 Å². The molecule has 4 aliphatic rings. The average molecular weight is 400 g/mol. The zero-order chi connectivity index (χ0) is 19.1. The summed E-state index contributed by atoms with van der Waals surface area (Å²) in [6, 6.07) is 7.24. The molecule has 1 heterocycles. The highest BCUT2D eigenvalue weighted by Gasteiger charge is 2.51. The molecule has 0 aliphatic heterocycles. The van der Waals surface area contributed by atoms with E-state index in [0.717, 1.165) is 48.1 Å². The maximum absolute atomic E-state index is 12.4. The van der Waals surface area contributed by atoms with Gasteiger partial charge in [-0.1, -0.05) is 23.9 Å². The maximum atomic E-state index is 12.4. The summed E-state index contributed by atoms with van der Waals surface area (Å²) in [4.78, 5) is 29.0. The van der Waals surface area contributed by atoms with E-state index in [9.17, 15) is 9.59 Å². The van der Waals surface area contributed by atoms with Gasteiger partial charge in [0.1, 0.15) is 5.52 Å². The number of oxazole rings is 1. The number of fused-ring (bicyclic) bond motifs is 1. The highest BCUT2D eigenvalue weighted by atomic mass is 32.2. The molecule has 0 radical (unpaired) electrons. The van der Waals surface area contributed by atoms with Crippen LogP contribution >= 0.6 is 11.8 Å². The second-order valence-electron chi connectivity index (χ2n) is 8.75. The van der Waals surface area contributed by atoms with Crippen molar-refractivity contribution in [1.82, 2.24) is 15.6 Å². The zero-order valence-corrected chi connectivity index (χ0v) is 16.6. The largest absolute Gasteiger partial charge is 0.431 e. The molecule has 2 N–H and O–H groups in total. The lowest BCUT2D eigenvalue weighted by Gasteiger charge is -2.56. The van der Waals surface area contributed by atoms with E-state index in [0.29, 0.717) is 11.0 Å². The molecule has 0 saturated heterocycles. The Hall–Kier alpha value is -2.02. The number of thioether (sulfide) groups is 1. The Balaban J connectivity index is 1.09. The Kier molecular flexibility index (Phi) is 4.57. The lowest BCUT2D eigenvalue weighted by atomic mass is 9.53. The van der Waals surface area contributed by atoms with Gasteiger partial charge < -0.3 is 9.73 Å². The summed E-state index contributed by atoms with van der Waals surface area (Å²) < 4.78 is 5.63. The van der Waals surface area contributed by atoms with Gasteiger partial charge in [0.2, 0.25) is 5.91 Å². The van der Waals surface area contributed by atoms with Gasteiger partial charge in [-0.15, -0.1) is 0 Å². The number of urea groups is 1. The minimum atomic E-state index is -0.334. The van der Waals surface area contributed by atoms with Crippen molar-refractivity contribution in [3.05, 3.63) is 24.3 Å². The van der Waals surface area contributed by atoms with Crippen molar-refractivity contribution in [2.75, 3.05) is 5.75 Å². The molecule has 0 unspecified atom stereocenters. The Labute approximate surface area is 168 Å². The summed E-state index contributed by atoms with van der Waals surface area (Å²) in [5.41, 5.74) is 1.47. The number of nitrogens with one attached hydrogen (secondary N) is 2. The van der Waals surface area contributed by atoms with Crippen LogP contribution in [0.15, 0.2) is 33.9 Å². The van der Waals surface area contributed by atoms with Crippen molar-refractivity contribution in [3.8, 4) is 0 Å². The molecule has 1 aromatic carbocycles. The second kappa shape index (κ2) is 7.10. The lowest BCUT2D eigenvalue weighted by molar-refractivity contribution is -0.119. The smallest absolute Gasteiger partial charge is 0.321 e. The van der Waals surface area contributed by atoms with Crippen LogP contribution in [-0.2, 0) is 4.79 Å². The summed E-state index contributed by atoms with van der Waals surface area (Å²) in [6.45, 7) is 0. The van der Waals surface area contributed by atoms with Crippen molar-refractivity contribution < 1.29 is 14.0 Å². The van der Waals surface area contributed by atoms with Gasteiger partial charge in [0, 0.05) is 17.7 Å². The summed E-state index contributed by atoms with van der Waals surface area (Å²) in [5.74, 6) is 2.54. The molecule has 28 heavy (non-hydrogen) atoms. The first-order valence-corrected chi connectivity index (χ1v) is 11.2. The normalized spacial score (nSPS) is 30.5. The fourth-order valence-corrected chi connectivity index (χ4v) is 6.64. The third-order valence-corrected chi connectivity index (χ3v) is 7.33. The predicted molar refractivity (Wildman–Crippen MR) is 107 cm³/mol. The van der Waals surface area contributed by atoms with E-state index in [2.05, 4.69) is 15.6 Å². The monoisotopic (exact) mass is 399 g/mol. The minimum Gasteiger partial charge on any atom is -0.431 e. The van der Waals surface area contributed by atoms with Crippen molar-refractivity contribution in [1.29, 1.82) is 0 Å². The number of aromatic nitrogens is 1. The predicted octanol–water partition coefficient (Wildman–Crippen LogP) is 4.10. The summed E-state index contributed by atoms with van der Waals surface area (Å²) in [6.07, 6.45) is 7.46. The zero-order valence-electron chi connectivity index (χ0n) is 15.8. The van der Waals surface area contributed by atoms with E-state index < -0.39 is 0 Å². The topological polar surface area (TPSA) is 84.2 Å². The average Bonchev–Trinajstić information content (AvgIpc) is 3.02. The quantitative estimate of drug-likeness (QED) is 0.740. The Morgan fingerprint density at radius 2 is 1.79 bits per heavy atom. The second-order valence-corrected chi connectivity index (χ2v) is 9.79. The molecule has 148 valence electrons. The molecule has 4 fully saturated rings. The molecule has 4 aliphatic carbocycles.